The molecule has 0 radical (unpaired) electrons. The van der Waals surface area contributed by atoms with Crippen LogP contribution in [0.25, 0.3) is 0 Å². The zero-order chi connectivity index (χ0) is 18.7. The monoisotopic (exact) mass is 379 g/mol. The third-order valence-electron chi connectivity index (χ3n) is 4.54. The Kier molecular flexibility index (Phi) is 6.50. The van der Waals surface area contributed by atoms with Crippen molar-refractivity contribution < 1.29 is 9.69 Å². The molecule has 0 aliphatic heterocycles. The maximum atomic E-state index is 12.7. The average Bonchev–Trinajstić information content (AvgIpc) is 2.52. The highest BCUT2D eigenvalue weighted by molar-refractivity contribution is 6.35. The summed E-state index contributed by atoms with van der Waals surface area (Å²) in [6.45, 7) is 8.67. The Bertz CT molecular complexity index is 766. The summed E-state index contributed by atoms with van der Waals surface area (Å²) in [5, 5.41) is 4.32. The number of amides is 1. The van der Waals surface area contributed by atoms with Crippen molar-refractivity contribution in [1.82, 2.24) is 0 Å². The lowest BCUT2D eigenvalue weighted by molar-refractivity contribution is -0.907. The van der Waals surface area contributed by atoms with Crippen molar-refractivity contribution in [3.8, 4) is 0 Å². The molecule has 0 aliphatic rings. The van der Waals surface area contributed by atoms with Crippen LogP contribution in [0, 0.1) is 20.8 Å². The van der Waals surface area contributed by atoms with Gasteiger partial charge >= 0.3 is 0 Å². The summed E-state index contributed by atoms with van der Waals surface area (Å²) in [4.78, 5) is 13.7. The standard InChI is InChI=1S/C20H24Cl2N2O/c1-12-8-13(2)19(14(3)9-12)23-20(25)15(4)24(5)11-16-6-7-17(21)10-18(16)22/h6-10,15H,11H2,1-5H3,(H,23,25)/p+1/t15-/m0/s1. The second-order valence-electron chi connectivity index (χ2n) is 6.74. The van der Waals surface area contributed by atoms with Gasteiger partial charge in [0.25, 0.3) is 5.91 Å². The van der Waals surface area contributed by atoms with E-state index in [9.17, 15) is 4.79 Å². The van der Waals surface area contributed by atoms with Gasteiger partial charge in [-0.25, -0.2) is 0 Å². The molecule has 5 heteroatoms. The molecule has 2 N–H and O–H groups in total. The van der Waals surface area contributed by atoms with Crippen LogP contribution in [-0.2, 0) is 11.3 Å². The van der Waals surface area contributed by atoms with Gasteiger partial charge in [-0.05, 0) is 51.0 Å². The lowest BCUT2D eigenvalue weighted by Crippen LogP contribution is -3.12. The zero-order valence-electron chi connectivity index (χ0n) is 15.3. The lowest BCUT2D eigenvalue weighted by Gasteiger charge is -2.22. The van der Waals surface area contributed by atoms with Gasteiger partial charge in [0.05, 0.1) is 12.1 Å². The van der Waals surface area contributed by atoms with Crippen LogP contribution in [0.1, 0.15) is 29.2 Å². The summed E-state index contributed by atoms with van der Waals surface area (Å²) >= 11 is 12.2. The average molecular weight is 380 g/mol. The van der Waals surface area contributed by atoms with Crippen molar-refractivity contribution in [2.45, 2.75) is 40.3 Å². The van der Waals surface area contributed by atoms with E-state index in [0.717, 1.165) is 27.3 Å². The van der Waals surface area contributed by atoms with Gasteiger partial charge in [0.2, 0.25) is 0 Å². The molecule has 0 spiro atoms. The number of quaternary nitrogens is 1. The molecule has 2 rings (SSSR count). The van der Waals surface area contributed by atoms with E-state index in [1.54, 1.807) is 6.07 Å². The maximum Gasteiger partial charge on any atom is 0.282 e. The van der Waals surface area contributed by atoms with Gasteiger partial charge in [-0.2, -0.15) is 0 Å². The van der Waals surface area contributed by atoms with E-state index in [-0.39, 0.29) is 11.9 Å². The summed E-state index contributed by atoms with van der Waals surface area (Å²) < 4.78 is 0. The molecular weight excluding hydrogens is 355 g/mol. The molecule has 1 unspecified atom stereocenters. The van der Waals surface area contributed by atoms with Crippen LogP contribution in [0.15, 0.2) is 30.3 Å². The molecule has 0 heterocycles. The van der Waals surface area contributed by atoms with Crippen LogP contribution in [0.3, 0.4) is 0 Å². The number of likely N-dealkylation sites (N-methyl/N-ethyl adjacent to an activating group) is 1. The number of halogens is 2. The molecule has 134 valence electrons. The van der Waals surface area contributed by atoms with Crippen molar-refractivity contribution in [3.05, 3.63) is 62.6 Å². The largest absolute Gasteiger partial charge is 0.324 e. The Balaban J connectivity index is 2.09. The first-order valence-corrected chi connectivity index (χ1v) is 9.09. The van der Waals surface area contributed by atoms with Crippen molar-refractivity contribution in [2.24, 2.45) is 0 Å². The van der Waals surface area contributed by atoms with Gasteiger partial charge in [0, 0.05) is 16.3 Å². The molecule has 25 heavy (non-hydrogen) atoms. The highest BCUT2D eigenvalue weighted by Gasteiger charge is 2.23. The Morgan fingerprint density at radius 1 is 1.12 bits per heavy atom. The predicted molar refractivity (Wildman–Crippen MR) is 106 cm³/mol. The van der Waals surface area contributed by atoms with Gasteiger partial charge in [0.1, 0.15) is 6.54 Å². The summed E-state index contributed by atoms with van der Waals surface area (Å²) in [5.74, 6) is -0.00219. The summed E-state index contributed by atoms with van der Waals surface area (Å²) in [5.41, 5.74) is 5.24. The Morgan fingerprint density at radius 2 is 1.72 bits per heavy atom. The summed E-state index contributed by atoms with van der Waals surface area (Å²) in [6.07, 6.45) is 0. The first-order valence-electron chi connectivity index (χ1n) is 8.34. The smallest absolute Gasteiger partial charge is 0.282 e. The van der Waals surface area contributed by atoms with Crippen LogP contribution >= 0.6 is 23.2 Å². The number of hydrogen-bond donors (Lipinski definition) is 2. The maximum absolute atomic E-state index is 12.7. The fraction of sp³-hybridized carbons (Fsp3) is 0.350. The first-order chi connectivity index (χ1) is 11.7. The minimum absolute atomic E-state index is 0.00219. The molecule has 3 nitrogen and oxygen atoms in total. The second kappa shape index (κ2) is 8.22. The van der Waals surface area contributed by atoms with Crippen molar-refractivity contribution in [2.75, 3.05) is 12.4 Å². The molecule has 2 atom stereocenters. The molecule has 0 aliphatic carbocycles. The zero-order valence-corrected chi connectivity index (χ0v) is 16.8. The Hall–Kier alpha value is -1.55. The summed E-state index contributed by atoms with van der Waals surface area (Å²) in [6, 6.07) is 9.41. The Morgan fingerprint density at radius 3 is 2.28 bits per heavy atom. The van der Waals surface area contributed by atoms with Crippen LogP contribution in [-0.4, -0.2) is 19.0 Å². The number of rotatable bonds is 5. The van der Waals surface area contributed by atoms with Gasteiger partial charge in [-0.15, -0.1) is 0 Å². The second-order valence-corrected chi connectivity index (χ2v) is 7.59. The number of carbonyl (C=O) groups excluding carboxylic acids is 1. The fourth-order valence-corrected chi connectivity index (χ4v) is 3.43. The van der Waals surface area contributed by atoms with Gasteiger partial charge in [0.15, 0.2) is 6.04 Å². The van der Waals surface area contributed by atoms with Crippen LogP contribution in [0.4, 0.5) is 5.69 Å². The van der Waals surface area contributed by atoms with Crippen molar-refractivity contribution in [1.29, 1.82) is 0 Å². The minimum Gasteiger partial charge on any atom is -0.324 e. The lowest BCUT2D eigenvalue weighted by atomic mass is 10.0. The van der Waals surface area contributed by atoms with Crippen molar-refractivity contribution >= 4 is 34.8 Å². The molecule has 2 aromatic carbocycles. The van der Waals surface area contributed by atoms with Gasteiger partial charge in [-0.1, -0.05) is 47.0 Å². The van der Waals surface area contributed by atoms with Gasteiger partial charge < -0.3 is 10.2 Å². The van der Waals surface area contributed by atoms with E-state index in [1.807, 2.05) is 40.0 Å². The van der Waals surface area contributed by atoms with E-state index in [0.29, 0.717) is 16.6 Å². The number of nitrogens with one attached hydrogen (secondary N) is 2. The predicted octanol–water partition coefficient (Wildman–Crippen LogP) is 3.96. The van der Waals surface area contributed by atoms with Crippen LogP contribution in [0.5, 0.6) is 0 Å². The SMILES string of the molecule is Cc1cc(C)c(NC(=O)[C@H](C)[NH+](C)Cc2ccc(Cl)cc2Cl)c(C)c1. The van der Waals surface area contributed by atoms with E-state index < -0.39 is 0 Å². The van der Waals surface area contributed by atoms with Crippen LogP contribution < -0.4 is 10.2 Å². The van der Waals surface area contributed by atoms with E-state index >= 15 is 0 Å². The molecule has 0 saturated carbocycles. The number of anilines is 1. The van der Waals surface area contributed by atoms with Crippen molar-refractivity contribution in [3.63, 3.8) is 0 Å². The topological polar surface area (TPSA) is 33.5 Å². The number of aryl methyl sites for hydroxylation is 3. The molecule has 0 aromatic heterocycles. The summed E-state index contributed by atoms with van der Waals surface area (Å²) in [7, 11) is 1.99. The van der Waals surface area contributed by atoms with E-state index in [1.165, 1.54) is 5.56 Å². The fourth-order valence-electron chi connectivity index (χ4n) is 2.95. The van der Waals surface area contributed by atoms with E-state index in [2.05, 4.69) is 24.4 Å². The Labute approximate surface area is 159 Å². The van der Waals surface area contributed by atoms with E-state index in [4.69, 9.17) is 23.2 Å². The minimum atomic E-state index is -0.216. The molecule has 1 amide bonds. The molecule has 0 fully saturated rings. The third kappa shape index (κ3) is 4.97. The highest BCUT2D eigenvalue weighted by atomic mass is 35.5. The first kappa shape index (κ1) is 19.8. The number of benzene rings is 2. The normalized spacial score (nSPS) is 13.4. The highest BCUT2D eigenvalue weighted by Crippen LogP contribution is 2.22. The number of hydrogen-bond acceptors (Lipinski definition) is 1. The molecular formula is C20H25Cl2N2O+. The third-order valence-corrected chi connectivity index (χ3v) is 5.13. The molecule has 2 aromatic rings. The quantitative estimate of drug-likeness (QED) is 0.809. The van der Waals surface area contributed by atoms with Gasteiger partial charge in [-0.3, -0.25) is 4.79 Å². The molecule has 0 bridgehead atoms. The number of carbonyl (C=O) groups is 1. The molecule has 0 saturated heterocycles. The van der Waals surface area contributed by atoms with Crippen LogP contribution in [0.2, 0.25) is 10.0 Å².